The van der Waals surface area contributed by atoms with Gasteiger partial charge in [-0.25, -0.2) is 0 Å². The van der Waals surface area contributed by atoms with Gasteiger partial charge in [-0.05, 0) is 6.42 Å². The summed E-state index contributed by atoms with van der Waals surface area (Å²) in [7, 11) is 1.70. The van der Waals surface area contributed by atoms with E-state index in [0.29, 0.717) is 12.4 Å². The van der Waals surface area contributed by atoms with Crippen LogP contribution in [0.25, 0.3) is 0 Å². The second-order valence-electron chi connectivity index (χ2n) is 10.8. The van der Waals surface area contributed by atoms with E-state index in [1.165, 1.54) is 128 Å². The van der Waals surface area contributed by atoms with Crippen molar-refractivity contribution in [2.75, 3.05) is 26.1 Å². The topological polar surface area (TPSA) is 18.5 Å². The van der Waals surface area contributed by atoms with Crippen molar-refractivity contribution < 1.29 is 9.47 Å². The van der Waals surface area contributed by atoms with E-state index in [4.69, 9.17) is 22.1 Å². The first-order chi connectivity index (χ1) is 17.7. The molecule has 0 aromatic heterocycles. The standard InChI is InChI=1S/C20H42O2S.3C4H9.Sn/c1-3-4-5-6-7-8-9-10-11-12-13-14-15-16-17-22-18-20(19-23)21-2;3*1-3-4-2;/h20,23H,3-19H2,1-2H3;3*1,3-4H2,2H3;/q;;;;+1/p-1/t20-;;;;/m1..../s1. The summed E-state index contributed by atoms with van der Waals surface area (Å²) in [6.45, 7) is 10.8. The van der Waals surface area contributed by atoms with Crippen LogP contribution in [0.3, 0.4) is 0 Å². The third-order valence-electron chi connectivity index (χ3n) is 7.12. The van der Waals surface area contributed by atoms with E-state index < -0.39 is 19.8 Å². The van der Waals surface area contributed by atoms with E-state index in [2.05, 4.69) is 27.7 Å². The molecule has 0 rings (SSSR count). The zero-order valence-corrected chi connectivity index (χ0v) is 29.4. The zero-order valence-electron chi connectivity index (χ0n) is 25.7. The number of ether oxygens (including phenoxy) is 2. The van der Waals surface area contributed by atoms with E-state index in [1.54, 1.807) is 20.4 Å². The normalized spacial score (nSPS) is 11.8. The molecule has 0 aliphatic heterocycles. The summed E-state index contributed by atoms with van der Waals surface area (Å²) in [5, 5.41) is 0. The molecule has 0 heterocycles. The van der Waals surface area contributed by atoms with Gasteiger partial charge in [-0.2, -0.15) is 0 Å². The first-order valence-corrected chi connectivity index (χ1v) is 22.8. The molecule has 218 valence electrons. The van der Waals surface area contributed by atoms with Gasteiger partial charge in [0.15, 0.2) is 0 Å². The Morgan fingerprint density at radius 3 is 1.22 bits per heavy atom. The second kappa shape index (κ2) is 36.1. The number of hydrogen-bond acceptors (Lipinski definition) is 3. The molecule has 0 fully saturated rings. The van der Waals surface area contributed by atoms with Crippen molar-refractivity contribution in [2.24, 2.45) is 0 Å². The number of hydrogen-bond donors (Lipinski definition) is 0. The Morgan fingerprint density at radius 2 is 0.889 bits per heavy atom. The van der Waals surface area contributed by atoms with Crippen LogP contribution in [0.2, 0.25) is 13.3 Å². The summed E-state index contributed by atoms with van der Waals surface area (Å²) in [6, 6.07) is 0. The van der Waals surface area contributed by atoms with Gasteiger partial charge < -0.3 is 22.1 Å². The van der Waals surface area contributed by atoms with Gasteiger partial charge in [0.25, 0.3) is 0 Å². The zero-order chi connectivity index (χ0) is 27.0. The minimum atomic E-state index is -0.839. The molecule has 0 saturated heterocycles. The van der Waals surface area contributed by atoms with Crippen LogP contribution in [0.15, 0.2) is 0 Å². The predicted molar refractivity (Wildman–Crippen MR) is 169 cm³/mol. The van der Waals surface area contributed by atoms with Crippen molar-refractivity contribution in [3.05, 3.63) is 0 Å². The second-order valence-corrected chi connectivity index (χ2v) is 19.7. The van der Waals surface area contributed by atoms with E-state index >= 15 is 0 Å². The molecule has 36 heavy (non-hydrogen) atoms. The molecule has 4 heteroatoms. The molecule has 0 saturated carbocycles. The molecule has 0 unspecified atom stereocenters. The monoisotopic (exact) mass is 636 g/mol. The Morgan fingerprint density at radius 1 is 0.528 bits per heavy atom. The fourth-order valence-corrected chi connectivity index (χ4v) is 14.1. The molecule has 0 N–H and O–H groups in total. The molecule has 0 amide bonds. The molecule has 0 aromatic carbocycles. The van der Waals surface area contributed by atoms with Gasteiger partial charge in [0, 0.05) is 13.7 Å². The Hall–Kier alpha value is 1.07. The van der Waals surface area contributed by atoms with Crippen molar-refractivity contribution in [1.29, 1.82) is 0 Å². The van der Waals surface area contributed by atoms with Crippen LogP contribution < -0.4 is 0 Å². The van der Waals surface area contributed by atoms with Gasteiger partial charge >= 0.3 is 92.4 Å². The number of rotatable bonds is 28. The SMILES string of the molecule is CCCCCCCCCCCCCCCCOC[C@H](C[S-])OC.CCC[CH2][Sn+]([CH2]CCC)[CH2]CCC. The Labute approximate surface area is 242 Å². The average molecular weight is 636 g/mol. The quantitative estimate of drug-likeness (QED) is 0.0484. The molecule has 0 radical (unpaired) electrons. The van der Waals surface area contributed by atoms with Gasteiger partial charge in [0.1, 0.15) is 0 Å². The van der Waals surface area contributed by atoms with Crippen LogP contribution >= 0.6 is 0 Å². The Kier molecular flexibility index (Phi) is 39.3. The fourth-order valence-electron chi connectivity index (χ4n) is 4.45. The summed E-state index contributed by atoms with van der Waals surface area (Å²) in [5.74, 6) is 0.620. The predicted octanol–water partition coefficient (Wildman–Crippen LogP) is 10.9. The molecule has 0 bridgehead atoms. The fraction of sp³-hybridized carbons (Fsp3) is 1.00. The van der Waals surface area contributed by atoms with Gasteiger partial charge in [-0.15, -0.1) is 5.75 Å². The first kappa shape index (κ1) is 39.2. The summed E-state index contributed by atoms with van der Waals surface area (Å²) in [4.78, 5) is 0. The van der Waals surface area contributed by atoms with Gasteiger partial charge in [-0.1, -0.05) is 90.4 Å². The van der Waals surface area contributed by atoms with Crippen LogP contribution in [-0.2, 0) is 22.1 Å². The molecular weight excluding hydrogens is 567 g/mol. The summed E-state index contributed by atoms with van der Waals surface area (Å²) < 4.78 is 15.8. The Balaban J connectivity index is 0. The third kappa shape index (κ3) is 33.1. The van der Waals surface area contributed by atoms with Crippen molar-refractivity contribution in [2.45, 2.75) is 176 Å². The van der Waals surface area contributed by atoms with Crippen LogP contribution in [0.5, 0.6) is 0 Å². The third-order valence-corrected chi connectivity index (χ3v) is 16.6. The van der Waals surface area contributed by atoms with Gasteiger partial charge in [0.05, 0.1) is 12.7 Å². The van der Waals surface area contributed by atoms with Crippen molar-refractivity contribution >= 4 is 32.4 Å². The van der Waals surface area contributed by atoms with Crippen LogP contribution in [0, 0.1) is 0 Å². The van der Waals surface area contributed by atoms with Gasteiger partial charge in [-0.3, -0.25) is 0 Å². The first-order valence-electron chi connectivity index (χ1n) is 16.2. The number of methoxy groups -OCH3 is 1. The maximum absolute atomic E-state index is 5.59. The molecule has 0 aliphatic carbocycles. The van der Waals surface area contributed by atoms with Crippen LogP contribution in [-0.4, -0.2) is 51.9 Å². The van der Waals surface area contributed by atoms with E-state index in [1.807, 2.05) is 0 Å². The van der Waals surface area contributed by atoms with E-state index in [9.17, 15) is 0 Å². The summed E-state index contributed by atoms with van der Waals surface area (Å²) >= 11 is 4.14. The number of unbranched alkanes of at least 4 members (excludes halogenated alkanes) is 16. The molecule has 0 aliphatic rings. The van der Waals surface area contributed by atoms with Crippen molar-refractivity contribution in [1.82, 2.24) is 0 Å². The maximum atomic E-state index is 5.59. The van der Waals surface area contributed by atoms with Crippen molar-refractivity contribution in [3.8, 4) is 0 Å². The molecular formula is C32H68O2SSn. The van der Waals surface area contributed by atoms with Crippen molar-refractivity contribution in [3.63, 3.8) is 0 Å². The molecule has 0 aromatic rings. The van der Waals surface area contributed by atoms with Crippen LogP contribution in [0.4, 0.5) is 0 Å². The molecule has 2 nitrogen and oxygen atoms in total. The molecule has 1 atom stereocenters. The Bertz CT molecular complexity index is 347. The summed E-state index contributed by atoms with van der Waals surface area (Å²) in [6.07, 6.45) is 28.5. The summed E-state index contributed by atoms with van der Waals surface area (Å²) in [5.41, 5.74) is 0. The minimum absolute atomic E-state index is 0.0941. The average Bonchev–Trinajstić information content (AvgIpc) is 2.90. The molecule has 0 spiro atoms. The van der Waals surface area contributed by atoms with Gasteiger partial charge in [0.2, 0.25) is 0 Å². The van der Waals surface area contributed by atoms with E-state index in [-0.39, 0.29) is 6.10 Å². The van der Waals surface area contributed by atoms with Crippen LogP contribution in [0.1, 0.15) is 156 Å². The van der Waals surface area contributed by atoms with E-state index in [0.717, 1.165) is 6.61 Å².